The normalized spacial score (nSPS) is 25.2. The number of imidazole rings is 1. The molecule has 3 heterocycles. The number of ether oxygens (including phenoxy) is 2. The summed E-state index contributed by atoms with van der Waals surface area (Å²) in [5, 5.41) is 9.96. The summed E-state index contributed by atoms with van der Waals surface area (Å²) in [5.41, 5.74) is 3.70. The van der Waals surface area contributed by atoms with Gasteiger partial charge in [0.2, 0.25) is 5.88 Å². The number of aromatic nitrogens is 3. The number of halogens is 2. The van der Waals surface area contributed by atoms with E-state index in [1.807, 2.05) is 18.2 Å². The van der Waals surface area contributed by atoms with Crippen LogP contribution in [0.3, 0.4) is 0 Å². The third-order valence-electron chi connectivity index (χ3n) is 9.47. The van der Waals surface area contributed by atoms with Gasteiger partial charge in [-0.3, -0.25) is 0 Å². The van der Waals surface area contributed by atoms with Gasteiger partial charge in [-0.25, -0.2) is 19.2 Å². The molecule has 2 atom stereocenters. The number of nitrogens with zero attached hydrogens (tertiary/aromatic N) is 3. The molecule has 1 N–H and O–H groups in total. The van der Waals surface area contributed by atoms with Crippen LogP contribution in [0.15, 0.2) is 54.6 Å². The minimum Gasteiger partial charge on any atom is -0.478 e. The Balaban J connectivity index is 1.05. The number of carboxylic acid groups (broad SMARTS) is 1. The molecule has 2 aromatic heterocycles. The molecule has 2 aromatic carbocycles. The van der Waals surface area contributed by atoms with E-state index in [9.17, 15) is 14.3 Å². The van der Waals surface area contributed by atoms with Crippen LogP contribution in [0.5, 0.6) is 5.88 Å². The van der Waals surface area contributed by atoms with Crippen molar-refractivity contribution in [2.75, 3.05) is 6.61 Å². The summed E-state index contributed by atoms with van der Waals surface area (Å²) in [5.74, 6) is 0.958. The van der Waals surface area contributed by atoms with E-state index in [0.29, 0.717) is 34.8 Å². The van der Waals surface area contributed by atoms with E-state index in [-0.39, 0.29) is 29.5 Å². The van der Waals surface area contributed by atoms with Crippen LogP contribution in [0.2, 0.25) is 5.02 Å². The number of hydrogen-bond donors (Lipinski definition) is 1. The number of rotatable bonds is 8. The zero-order valence-electron chi connectivity index (χ0n) is 23.3. The lowest BCUT2D eigenvalue weighted by Crippen LogP contribution is -2.20. The van der Waals surface area contributed by atoms with E-state index in [4.69, 9.17) is 31.0 Å². The number of benzene rings is 2. The molecular weight excluding hydrogens is 557 g/mol. The third kappa shape index (κ3) is 5.26. The second kappa shape index (κ2) is 11.0. The molecule has 0 bridgehead atoms. The monoisotopic (exact) mass is 589 g/mol. The highest BCUT2D eigenvalue weighted by Crippen LogP contribution is 2.67. The second-order valence-corrected chi connectivity index (χ2v) is 12.5. The summed E-state index contributed by atoms with van der Waals surface area (Å²) < 4.78 is 28.2. The number of carboxylic acids is 1. The summed E-state index contributed by atoms with van der Waals surface area (Å²) in [6.45, 7) is 1.58. The highest BCUT2D eigenvalue weighted by molar-refractivity contribution is 6.30. The highest BCUT2D eigenvalue weighted by atomic mass is 35.5. The first kappa shape index (κ1) is 27.3. The molecule has 2 unspecified atom stereocenters. The Morgan fingerprint density at radius 1 is 1.12 bits per heavy atom. The number of fused-ring (bicyclic) bond motifs is 1. The van der Waals surface area contributed by atoms with Crippen molar-refractivity contribution in [2.24, 2.45) is 5.41 Å². The summed E-state index contributed by atoms with van der Waals surface area (Å²) in [7, 11) is 0. The van der Waals surface area contributed by atoms with Crippen molar-refractivity contribution < 1.29 is 23.8 Å². The summed E-state index contributed by atoms with van der Waals surface area (Å²) in [6, 6.07) is 15.6. The Labute approximate surface area is 248 Å². The molecule has 2 aliphatic carbocycles. The van der Waals surface area contributed by atoms with Crippen molar-refractivity contribution in [1.29, 1.82) is 0 Å². The van der Waals surface area contributed by atoms with Crippen molar-refractivity contribution in [3.8, 4) is 5.88 Å². The van der Waals surface area contributed by atoms with Crippen LogP contribution in [0.25, 0.3) is 11.0 Å². The molecule has 7 nitrogen and oxygen atoms in total. The molecule has 2 saturated carbocycles. The Kier molecular flexibility index (Phi) is 7.14. The van der Waals surface area contributed by atoms with Gasteiger partial charge in [-0.15, -0.1) is 0 Å². The molecule has 0 radical (unpaired) electrons. The summed E-state index contributed by atoms with van der Waals surface area (Å²) in [4.78, 5) is 21.5. The molecule has 4 aromatic rings. The average Bonchev–Trinajstić information content (AvgIpc) is 3.29. The van der Waals surface area contributed by atoms with E-state index < -0.39 is 5.97 Å². The molecule has 1 saturated heterocycles. The van der Waals surface area contributed by atoms with Gasteiger partial charge >= 0.3 is 5.97 Å². The van der Waals surface area contributed by atoms with Gasteiger partial charge in [-0.1, -0.05) is 23.7 Å². The largest absolute Gasteiger partial charge is 0.478 e. The van der Waals surface area contributed by atoms with Gasteiger partial charge < -0.3 is 19.1 Å². The fourth-order valence-electron chi connectivity index (χ4n) is 7.01. The topological polar surface area (TPSA) is 86.5 Å². The van der Waals surface area contributed by atoms with Gasteiger partial charge in [0.1, 0.15) is 18.2 Å². The predicted molar refractivity (Wildman–Crippen MR) is 157 cm³/mol. The van der Waals surface area contributed by atoms with Crippen LogP contribution in [-0.2, 0) is 17.9 Å². The predicted octanol–water partition coefficient (Wildman–Crippen LogP) is 7.51. The summed E-state index contributed by atoms with van der Waals surface area (Å²) in [6.07, 6.45) is 7.56. The lowest BCUT2D eigenvalue weighted by molar-refractivity contribution is 0.0697. The van der Waals surface area contributed by atoms with Crippen LogP contribution in [0.4, 0.5) is 4.39 Å². The quantitative estimate of drug-likeness (QED) is 0.229. The molecule has 9 heteroatoms. The molecule has 218 valence electrons. The van der Waals surface area contributed by atoms with Crippen molar-refractivity contribution in [3.63, 3.8) is 0 Å². The van der Waals surface area contributed by atoms with Crippen LogP contribution in [0.1, 0.15) is 84.2 Å². The highest BCUT2D eigenvalue weighted by Gasteiger charge is 2.57. The first-order chi connectivity index (χ1) is 20.4. The van der Waals surface area contributed by atoms with Gasteiger partial charge in [-0.05, 0) is 86.8 Å². The molecule has 3 fully saturated rings. The van der Waals surface area contributed by atoms with E-state index in [1.165, 1.54) is 6.07 Å². The third-order valence-corrected chi connectivity index (χ3v) is 9.71. The van der Waals surface area contributed by atoms with E-state index >= 15 is 0 Å². The van der Waals surface area contributed by atoms with Crippen LogP contribution < -0.4 is 4.74 Å². The van der Waals surface area contributed by atoms with Crippen molar-refractivity contribution in [3.05, 3.63) is 88.1 Å². The molecular formula is C33H33ClFN3O4. The Morgan fingerprint density at radius 3 is 2.74 bits per heavy atom. The Bertz CT molecular complexity index is 1640. The van der Waals surface area contributed by atoms with Crippen molar-refractivity contribution >= 4 is 28.6 Å². The fourth-order valence-corrected chi connectivity index (χ4v) is 7.17. The van der Waals surface area contributed by atoms with Gasteiger partial charge in [0.25, 0.3) is 0 Å². The zero-order chi connectivity index (χ0) is 28.8. The number of carbonyl (C=O) groups is 1. The summed E-state index contributed by atoms with van der Waals surface area (Å²) >= 11 is 5.86. The smallest absolute Gasteiger partial charge is 0.335 e. The number of pyridine rings is 1. The van der Waals surface area contributed by atoms with E-state index in [1.54, 1.807) is 24.3 Å². The van der Waals surface area contributed by atoms with Crippen molar-refractivity contribution in [1.82, 2.24) is 14.5 Å². The van der Waals surface area contributed by atoms with Gasteiger partial charge in [0.05, 0.1) is 29.2 Å². The number of aromatic carboxylic acids is 1. The van der Waals surface area contributed by atoms with Crippen LogP contribution in [0, 0.1) is 11.2 Å². The van der Waals surface area contributed by atoms with Gasteiger partial charge in [0, 0.05) is 40.8 Å². The lowest BCUT2D eigenvalue weighted by atomic mass is 9.77. The Morgan fingerprint density at radius 2 is 1.98 bits per heavy atom. The average molecular weight is 590 g/mol. The minimum atomic E-state index is -0.926. The maximum absolute atomic E-state index is 14.2. The molecule has 7 rings (SSSR count). The Hall–Kier alpha value is -3.49. The molecule has 1 spiro atoms. The zero-order valence-corrected chi connectivity index (χ0v) is 24.0. The number of hydrogen-bond acceptors (Lipinski definition) is 5. The standard InChI is InChI=1S/C33H33ClFN3O4/c34-23-8-6-22(26(35)16-23)19-42-30-5-1-4-27(36-30)20-10-12-33(13-11-20)17-25(33)31-37-28-9-7-21(32(39)40)15-29(28)38(31)18-24-3-2-14-41-24/h1,4-9,15-16,20,24-25H,2-3,10-14,17-19H2,(H,39,40). The minimum absolute atomic E-state index is 0.0930. The molecule has 42 heavy (non-hydrogen) atoms. The molecule has 0 amide bonds. The first-order valence-corrected chi connectivity index (χ1v) is 15.2. The maximum atomic E-state index is 14.2. The molecule has 1 aliphatic heterocycles. The first-order valence-electron chi connectivity index (χ1n) is 14.8. The lowest BCUT2D eigenvalue weighted by Gasteiger charge is -2.29. The van der Waals surface area contributed by atoms with Crippen LogP contribution >= 0.6 is 11.6 Å². The van der Waals surface area contributed by atoms with Gasteiger partial charge in [-0.2, -0.15) is 0 Å². The van der Waals surface area contributed by atoms with E-state index in [2.05, 4.69) is 10.6 Å². The van der Waals surface area contributed by atoms with E-state index in [0.717, 1.165) is 74.1 Å². The van der Waals surface area contributed by atoms with Crippen LogP contribution in [-0.4, -0.2) is 38.3 Å². The van der Waals surface area contributed by atoms with Crippen molar-refractivity contribution in [2.45, 2.75) is 76.0 Å². The molecule has 3 aliphatic rings. The van der Waals surface area contributed by atoms with Gasteiger partial charge in [0.15, 0.2) is 0 Å². The maximum Gasteiger partial charge on any atom is 0.335 e. The SMILES string of the molecule is O=C(O)c1ccc2nc(C3CC34CCC(c3cccc(OCc5ccc(Cl)cc5F)n3)CC4)n(CC3CCCO3)c2c1. The fraction of sp³-hybridized carbons (Fsp3) is 0.424. The second-order valence-electron chi connectivity index (χ2n) is 12.0.